The lowest BCUT2D eigenvalue weighted by atomic mass is 10.2. The Balaban J connectivity index is 1.86. The largest absolute Gasteiger partial charge is 0.465 e. The maximum atomic E-state index is 11.1. The van der Waals surface area contributed by atoms with E-state index in [9.17, 15) is 4.79 Å². The van der Waals surface area contributed by atoms with Gasteiger partial charge in [0.1, 0.15) is 0 Å². The molecule has 0 unspecified atom stereocenters. The van der Waals surface area contributed by atoms with Gasteiger partial charge >= 0.3 is 6.09 Å². The summed E-state index contributed by atoms with van der Waals surface area (Å²) in [6.07, 6.45) is 3.59. The Labute approximate surface area is 104 Å². The number of rotatable bonds is 2. The molecule has 3 rings (SSSR count). The van der Waals surface area contributed by atoms with Crippen LogP contribution in [0.2, 0.25) is 0 Å². The second kappa shape index (κ2) is 3.94. The van der Waals surface area contributed by atoms with E-state index in [0.29, 0.717) is 13.1 Å². The third-order valence-electron chi connectivity index (χ3n) is 3.26. The molecule has 5 nitrogen and oxygen atoms in total. The average Bonchev–Trinajstić information content (AvgIpc) is 3.00. The van der Waals surface area contributed by atoms with Gasteiger partial charge in [0.05, 0.1) is 35.9 Å². The molecule has 6 heteroatoms. The molecule has 2 aliphatic rings. The molecule has 0 bridgehead atoms. The Morgan fingerprint density at radius 1 is 1.59 bits per heavy atom. The molecule has 1 atom stereocenters. The van der Waals surface area contributed by atoms with Crippen molar-refractivity contribution >= 4 is 17.9 Å². The molecule has 1 aliphatic carbocycles. The summed E-state index contributed by atoms with van der Waals surface area (Å²) in [5.74, 6) is 0. The highest BCUT2D eigenvalue weighted by Crippen LogP contribution is 2.41. The van der Waals surface area contributed by atoms with E-state index in [1.807, 2.05) is 29.6 Å². The molecular formula is C11H15N3O2S. The van der Waals surface area contributed by atoms with Crippen molar-refractivity contribution in [3.05, 3.63) is 11.9 Å². The summed E-state index contributed by atoms with van der Waals surface area (Å²) in [5.41, 5.74) is 1.06. The van der Waals surface area contributed by atoms with Crippen LogP contribution in [0.1, 0.15) is 25.5 Å². The van der Waals surface area contributed by atoms with E-state index in [4.69, 9.17) is 5.11 Å². The number of hydrogen-bond donors (Lipinski definition) is 1. The number of carbonyl (C=O) groups is 1. The van der Waals surface area contributed by atoms with Gasteiger partial charge in [0.15, 0.2) is 0 Å². The molecule has 0 radical (unpaired) electrons. The van der Waals surface area contributed by atoms with Crippen LogP contribution in [0.15, 0.2) is 11.1 Å². The first-order valence-corrected chi connectivity index (χ1v) is 6.74. The van der Waals surface area contributed by atoms with Gasteiger partial charge in [-0.05, 0) is 19.8 Å². The monoisotopic (exact) mass is 253 g/mol. The molecule has 92 valence electrons. The highest BCUT2D eigenvalue weighted by atomic mass is 32.2. The van der Waals surface area contributed by atoms with E-state index < -0.39 is 6.09 Å². The molecule has 1 aromatic rings. The third kappa shape index (κ3) is 2.01. The van der Waals surface area contributed by atoms with Crippen molar-refractivity contribution in [2.75, 3.05) is 0 Å². The topological polar surface area (TPSA) is 58.4 Å². The molecule has 1 aliphatic heterocycles. The van der Waals surface area contributed by atoms with Crippen LogP contribution < -0.4 is 0 Å². The standard InChI is InChI=1S/C11H15N3O2S/c1-7-5-14-9(6-13(7)11(15)16)10(4-12-14)17-8-2-3-8/h4,7-8H,2-3,5-6H2,1H3,(H,15,16)/t7-/m0/s1. The van der Waals surface area contributed by atoms with E-state index in [1.165, 1.54) is 17.7 Å². The van der Waals surface area contributed by atoms with Gasteiger partial charge in [-0.3, -0.25) is 9.58 Å². The summed E-state index contributed by atoms with van der Waals surface area (Å²) in [4.78, 5) is 13.8. The SMILES string of the molecule is C[C@H]1Cn2ncc(SC3CC3)c2CN1C(=O)O. The van der Waals surface area contributed by atoms with Gasteiger partial charge in [0.25, 0.3) is 0 Å². The van der Waals surface area contributed by atoms with Gasteiger partial charge in [-0.1, -0.05) is 0 Å². The number of aromatic nitrogens is 2. The first kappa shape index (κ1) is 11.0. The fourth-order valence-electron chi connectivity index (χ4n) is 2.10. The maximum Gasteiger partial charge on any atom is 0.407 e. The molecule has 1 aromatic heterocycles. The Bertz CT molecular complexity index is 456. The van der Waals surface area contributed by atoms with Crippen LogP contribution in [-0.2, 0) is 13.1 Å². The lowest BCUT2D eigenvalue weighted by Crippen LogP contribution is -2.44. The Morgan fingerprint density at radius 2 is 2.35 bits per heavy atom. The first-order valence-electron chi connectivity index (χ1n) is 5.86. The van der Waals surface area contributed by atoms with Crippen LogP contribution in [0, 0.1) is 0 Å². The van der Waals surface area contributed by atoms with E-state index in [-0.39, 0.29) is 6.04 Å². The van der Waals surface area contributed by atoms with Crippen LogP contribution in [0.5, 0.6) is 0 Å². The molecule has 0 spiro atoms. The van der Waals surface area contributed by atoms with Gasteiger partial charge in [0, 0.05) is 5.25 Å². The normalized spacial score (nSPS) is 23.6. The Hall–Kier alpha value is -1.17. The van der Waals surface area contributed by atoms with E-state index in [1.54, 1.807) is 0 Å². The van der Waals surface area contributed by atoms with Gasteiger partial charge in [-0.2, -0.15) is 5.10 Å². The van der Waals surface area contributed by atoms with Crippen molar-refractivity contribution in [1.29, 1.82) is 0 Å². The van der Waals surface area contributed by atoms with E-state index in [0.717, 1.165) is 15.8 Å². The highest BCUT2D eigenvalue weighted by molar-refractivity contribution is 8.00. The third-order valence-corrected chi connectivity index (χ3v) is 4.66. The van der Waals surface area contributed by atoms with Crippen molar-refractivity contribution in [3.8, 4) is 0 Å². The van der Waals surface area contributed by atoms with Crippen LogP contribution in [0.4, 0.5) is 4.79 Å². The van der Waals surface area contributed by atoms with Crippen molar-refractivity contribution in [3.63, 3.8) is 0 Å². The quantitative estimate of drug-likeness (QED) is 0.876. The fourth-order valence-corrected chi connectivity index (χ4v) is 3.24. The molecule has 1 amide bonds. The minimum Gasteiger partial charge on any atom is -0.465 e. The van der Waals surface area contributed by atoms with E-state index in [2.05, 4.69) is 5.10 Å². The predicted octanol–water partition coefficient (Wildman–Crippen LogP) is 2.02. The van der Waals surface area contributed by atoms with Crippen LogP contribution in [0.3, 0.4) is 0 Å². The summed E-state index contributed by atoms with van der Waals surface area (Å²) in [7, 11) is 0. The molecule has 1 fully saturated rings. The van der Waals surface area contributed by atoms with Crippen molar-refractivity contribution in [2.45, 2.75) is 49.0 Å². The summed E-state index contributed by atoms with van der Waals surface area (Å²) in [5, 5.41) is 14.2. The van der Waals surface area contributed by atoms with Crippen LogP contribution in [-0.4, -0.2) is 37.2 Å². The zero-order valence-electron chi connectivity index (χ0n) is 9.67. The van der Waals surface area contributed by atoms with Gasteiger partial charge < -0.3 is 5.11 Å². The molecule has 0 saturated heterocycles. The molecule has 2 heterocycles. The highest BCUT2D eigenvalue weighted by Gasteiger charge is 2.31. The minimum absolute atomic E-state index is 0.00123. The number of amides is 1. The second-order valence-corrected chi connectivity index (χ2v) is 6.06. The van der Waals surface area contributed by atoms with Gasteiger partial charge in [-0.25, -0.2) is 4.79 Å². The number of carboxylic acid groups (broad SMARTS) is 1. The fraction of sp³-hybridized carbons (Fsp3) is 0.636. The van der Waals surface area contributed by atoms with Crippen molar-refractivity contribution < 1.29 is 9.90 Å². The number of fused-ring (bicyclic) bond motifs is 1. The summed E-state index contributed by atoms with van der Waals surface area (Å²) in [6, 6.07) is -0.00123. The lowest BCUT2D eigenvalue weighted by Gasteiger charge is -2.32. The Kier molecular flexibility index (Phi) is 2.54. The molecule has 1 saturated carbocycles. The minimum atomic E-state index is -0.840. The second-order valence-electron chi connectivity index (χ2n) is 4.71. The average molecular weight is 253 g/mol. The molecule has 1 N–H and O–H groups in total. The van der Waals surface area contributed by atoms with Crippen LogP contribution >= 0.6 is 11.8 Å². The first-order chi connectivity index (χ1) is 8.15. The Morgan fingerprint density at radius 3 is 3.00 bits per heavy atom. The summed E-state index contributed by atoms with van der Waals surface area (Å²) >= 11 is 1.84. The zero-order chi connectivity index (χ0) is 12.0. The van der Waals surface area contributed by atoms with E-state index >= 15 is 0 Å². The smallest absolute Gasteiger partial charge is 0.407 e. The van der Waals surface area contributed by atoms with Gasteiger partial charge in [0.2, 0.25) is 0 Å². The number of hydrogen-bond acceptors (Lipinski definition) is 3. The maximum absolute atomic E-state index is 11.1. The van der Waals surface area contributed by atoms with Gasteiger partial charge in [-0.15, -0.1) is 11.8 Å². The van der Waals surface area contributed by atoms with Crippen molar-refractivity contribution in [1.82, 2.24) is 14.7 Å². The summed E-state index contributed by atoms with van der Waals surface area (Å²) < 4.78 is 1.95. The molecule has 0 aromatic carbocycles. The van der Waals surface area contributed by atoms with Crippen molar-refractivity contribution in [2.24, 2.45) is 0 Å². The predicted molar refractivity (Wildman–Crippen MR) is 64.1 cm³/mol. The molecule has 17 heavy (non-hydrogen) atoms. The zero-order valence-corrected chi connectivity index (χ0v) is 10.5. The van der Waals surface area contributed by atoms with Crippen LogP contribution in [0.25, 0.3) is 0 Å². The number of nitrogens with zero attached hydrogens (tertiary/aromatic N) is 3. The molecular weight excluding hydrogens is 238 g/mol. The lowest BCUT2D eigenvalue weighted by molar-refractivity contribution is 0.104. The number of thioether (sulfide) groups is 1. The summed E-state index contributed by atoms with van der Waals surface area (Å²) in [6.45, 7) is 3.05.